The van der Waals surface area contributed by atoms with E-state index in [1.807, 2.05) is 24.4 Å². The van der Waals surface area contributed by atoms with E-state index in [0.29, 0.717) is 11.8 Å². The second-order valence-corrected chi connectivity index (χ2v) is 4.70. The van der Waals surface area contributed by atoms with Crippen LogP contribution in [0.2, 0.25) is 0 Å². The molecule has 2 N–H and O–H groups in total. The molecule has 0 spiro atoms. The summed E-state index contributed by atoms with van der Waals surface area (Å²) < 4.78 is 0. The highest BCUT2D eigenvalue weighted by Gasteiger charge is 2.43. The van der Waals surface area contributed by atoms with Gasteiger partial charge in [-0.3, -0.25) is 4.98 Å². The Morgan fingerprint density at radius 3 is 2.53 bits per heavy atom. The largest absolute Gasteiger partial charge is 0.322 e. The van der Waals surface area contributed by atoms with Gasteiger partial charge in [-0.15, -0.1) is 0 Å². The summed E-state index contributed by atoms with van der Waals surface area (Å²) in [5, 5.41) is 0. The zero-order valence-corrected chi connectivity index (χ0v) is 9.66. The van der Waals surface area contributed by atoms with Crippen LogP contribution >= 0.6 is 0 Å². The van der Waals surface area contributed by atoms with Gasteiger partial charge >= 0.3 is 0 Å². The van der Waals surface area contributed by atoms with Crippen molar-refractivity contribution in [2.24, 2.45) is 11.7 Å². The lowest BCUT2D eigenvalue weighted by atomic mass is 10.0. The Labute approximate surface area is 102 Å². The molecule has 1 aromatic heterocycles. The van der Waals surface area contributed by atoms with E-state index in [-0.39, 0.29) is 6.04 Å². The Bertz CT molecular complexity index is 481. The van der Waals surface area contributed by atoms with Crippen LogP contribution in [-0.4, -0.2) is 4.98 Å². The van der Waals surface area contributed by atoms with Crippen molar-refractivity contribution in [1.82, 2.24) is 4.98 Å². The first-order valence-corrected chi connectivity index (χ1v) is 6.08. The van der Waals surface area contributed by atoms with Gasteiger partial charge in [0.1, 0.15) is 0 Å². The lowest BCUT2D eigenvalue weighted by Crippen LogP contribution is -2.14. The molecule has 1 fully saturated rings. The molecular formula is C15H16N2. The van der Waals surface area contributed by atoms with Crippen molar-refractivity contribution in [3.8, 4) is 0 Å². The first-order valence-electron chi connectivity index (χ1n) is 6.08. The molecule has 0 aliphatic heterocycles. The summed E-state index contributed by atoms with van der Waals surface area (Å²) in [5.41, 5.74) is 8.68. The maximum absolute atomic E-state index is 6.27. The highest BCUT2D eigenvalue weighted by molar-refractivity contribution is 5.28. The molecule has 2 nitrogen and oxygen atoms in total. The van der Waals surface area contributed by atoms with Crippen LogP contribution in [0.1, 0.15) is 29.6 Å². The summed E-state index contributed by atoms with van der Waals surface area (Å²) in [7, 11) is 0. The Morgan fingerprint density at radius 2 is 1.82 bits per heavy atom. The average Bonchev–Trinajstić information content (AvgIpc) is 3.20. The van der Waals surface area contributed by atoms with Crippen LogP contribution in [0.5, 0.6) is 0 Å². The molecular weight excluding hydrogens is 208 g/mol. The molecule has 0 saturated heterocycles. The van der Waals surface area contributed by atoms with E-state index in [4.69, 9.17) is 5.73 Å². The minimum atomic E-state index is 0.0707. The van der Waals surface area contributed by atoms with E-state index in [0.717, 1.165) is 5.69 Å². The Kier molecular flexibility index (Phi) is 2.65. The van der Waals surface area contributed by atoms with Crippen LogP contribution in [0, 0.1) is 5.92 Å². The van der Waals surface area contributed by atoms with E-state index in [1.165, 1.54) is 12.0 Å². The molecule has 1 saturated carbocycles. The zero-order chi connectivity index (χ0) is 11.7. The van der Waals surface area contributed by atoms with Gasteiger partial charge in [0.15, 0.2) is 0 Å². The minimum absolute atomic E-state index is 0.0707. The van der Waals surface area contributed by atoms with Gasteiger partial charge in [-0.1, -0.05) is 36.4 Å². The second kappa shape index (κ2) is 4.30. The van der Waals surface area contributed by atoms with E-state index in [9.17, 15) is 0 Å². The Balaban J connectivity index is 1.73. The van der Waals surface area contributed by atoms with Gasteiger partial charge in [-0.25, -0.2) is 0 Å². The van der Waals surface area contributed by atoms with Crippen molar-refractivity contribution in [3.63, 3.8) is 0 Å². The number of benzene rings is 1. The molecule has 3 atom stereocenters. The molecule has 0 radical (unpaired) electrons. The van der Waals surface area contributed by atoms with Gasteiger partial charge < -0.3 is 5.73 Å². The van der Waals surface area contributed by atoms with Crippen LogP contribution in [0.15, 0.2) is 54.7 Å². The summed E-state index contributed by atoms with van der Waals surface area (Å²) >= 11 is 0. The monoisotopic (exact) mass is 224 g/mol. The Hall–Kier alpha value is -1.67. The van der Waals surface area contributed by atoms with Crippen molar-refractivity contribution in [2.75, 3.05) is 0 Å². The van der Waals surface area contributed by atoms with Crippen molar-refractivity contribution >= 4 is 0 Å². The maximum atomic E-state index is 6.27. The van der Waals surface area contributed by atoms with Gasteiger partial charge in [0.2, 0.25) is 0 Å². The van der Waals surface area contributed by atoms with Gasteiger partial charge in [0.25, 0.3) is 0 Å². The lowest BCUT2D eigenvalue weighted by molar-refractivity contribution is 0.599. The summed E-state index contributed by atoms with van der Waals surface area (Å²) in [6.45, 7) is 0. The van der Waals surface area contributed by atoms with Gasteiger partial charge in [0, 0.05) is 6.20 Å². The van der Waals surface area contributed by atoms with Crippen LogP contribution in [0.4, 0.5) is 0 Å². The second-order valence-electron chi connectivity index (χ2n) is 4.70. The first-order chi connectivity index (χ1) is 8.36. The maximum Gasteiger partial charge on any atom is 0.0574 e. The molecule has 1 aromatic carbocycles. The molecule has 86 valence electrons. The predicted octanol–water partition coefficient (Wildman–Crippen LogP) is 2.89. The van der Waals surface area contributed by atoms with E-state index in [1.54, 1.807) is 0 Å². The summed E-state index contributed by atoms with van der Waals surface area (Å²) in [6, 6.07) is 16.6. The number of nitrogens with two attached hydrogens (primary N) is 1. The fourth-order valence-electron chi connectivity index (χ4n) is 2.49. The molecule has 1 aliphatic carbocycles. The van der Waals surface area contributed by atoms with Crippen molar-refractivity contribution < 1.29 is 0 Å². The normalized spacial score (nSPS) is 24.3. The van der Waals surface area contributed by atoms with Crippen LogP contribution < -0.4 is 5.73 Å². The predicted molar refractivity (Wildman–Crippen MR) is 68.5 cm³/mol. The molecule has 2 heteroatoms. The van der Waals surface area contributed by atoms with Crippen LogP contribution in [-0.2, 0) is 0 Å². The SMILES string of the molecule is NC(c1ccccn1)C1CC1c1ccccc1. The third-order valence-corrected chi connectivity index (χ3v) is 3.56. The van der Waals surface area contributed by atoms with Crippen LogP contribution in [0.25, 0.3) is 0 Å². The average molecular weight is 224 g/mol. The smallest absolute Gasteiger partial charge is 0.0574 e. The number of aromatic nitrogens is 1. The standard InChI is InChI=1S/C15H16N2/c16-15(14-8-4-5-9-17-14)13-10-12(13)11-6-2-1-3-7-11/h1-9,12-13,15H,10,16H2. The highest BCUT2D eigenvalue weighted by atomic mass is 14.8. The highest BCUT2D eigenvalue weighted by Crippen LogP contribution is 2.52. The summed E-state index contributed by atoms with van der Waals surface area (Å²) in [5.74, 6) is 1.17. The Morgan fingerprint density at radius 1 is 1.06 bits per heavy atom. The van der Waals surface area contributed by atoms with E-state index in [2.05, 4.69) is 35.3 Å². The molecule has 1 heterocycles. The lowest BCUT2D eigenvalue weighted by Gasteiger charge is -2.10. The molecule has 17 heavy (non-hydrogen) atoms. The number of pyridine rings is 1. The molecule has 3 rings (SSSR count). The number of rotatable bonds is 3. The van der Waals surface area contributed by atoms with Gasteiger partial charge in [-0.05, 0) is 36.0 Å². The fraction of sp³-hybridized carbons (Fsp3) is 0.267. The summed E-state index contributed by atoms with van der Waals surface area (Å²) in [6.07, 6.45) is 3.00. The number of hydrogen-bond donors (Lipinski definition) is 1. The van der Waals surface area contributed by atoms with Crippen molar-refractivity contribution in [1.29, 1.82) is 0 Å². The topological polar surface area (TPSA) is 38.9 Å². The van der Waals surface area contributed by atoms with Crippen molar-refractivity contribution in [3.05, 3.63) is 66.0 Å². The third-order valence-electron chi connectivity index (χ3n) is 3.56. The third kappa shape index (κ3) is 2.08. The summed E-state index contributed by atoms with van der Waals surface area (Å²) in [4.78, 5) is 4.34. The van der Waals surface area contributed by atoms with E-state index < -0.39 is 0 Å². The molecule has 3 unspecified atom stereocenters. The quantitative estimate of drug-likeness (QED) is 0.870. The van der Waals surface area contributed by atoms with Gasteiger partial charge in [0.05, 0.1) is 11.7 Å². The van der Waals surface area contributed by atoms with Gasteiger partial charge in [-0.2, -0.15) is 0 Å². The number of nitrogens with zero attached hydrogens (tertiary/aromatic N) is 1. The van der Waals surface area contributed by atoms with Crippen LogP contribution in [0.3, 0.4) is 0 Å². The first kappa shape index (κ1) is 10.5. The minimum Gasteiger partial charge on any atom is -0.322 e. The molecule has 0 amide bonds. The molecule has 2 aromatic rings. The molecule has 0 bridgehead atoms. The number of hydrogen-bond acceptors (Lipinski definition) is 2. The zero-order valence-electron chi connectivity index (χ0n) is 9.66. The van der Waals surface area contributed by atoms with Crippen molar-refractivity contribution in [2.45, 2.75) is 18.4 Å². The van der Waals surface area contributed by atoms with E-state index >= 15 is 0 Å². The fourth-order valence-corrected chi connectivity index (χ4v) is 2.49. The molecule has 1 aliphatic rings.